The van der Waals surface area contributed by atoms with E-state index >= 15 is 0 Å². The molecule has 3 heterocycles. The molecule has 1 amide bonds. The van der Waals surface area contributed by atoms with E-state index in [2.05, 4.69) is 95.8 Å². The molecule has 1 aliphatic heterocycles. The van der Waals surface area contributed by atoms with Gasteiger partial charge in [-0.05, 0) is 90.8 Å². The van der Waals surface area contributed by atoms with Crippen LogP contribution in [0.2, 0.25) is 0 Å². The molecule has 1 fully saturated rings. The third-order valence-corrected chi connectivity index (χ3v) is 9.04. The van der Waals surface area contributed by atoms with Crippen LogP contribution in [0.4, 0.5) is 0 Å². The summed E-state index contributed by atoms with van der Waals surface area (Å²) in [6, 6.07) is 10.5. The van der Waals surface area contributed by atoms with Crippen molar-refractivity contribution >= 4 is 28.2 Å². The first-order chi connectivity index (χ1) is 19.4. The molecule has 40 heavy (non-hydrogen) atoms. The number of H-pyrrole nitrogens is 1. The van der Waals surface area contributed by atoms with Crippen LogP contribution in [0, 0.1) is 22.2 Å². The third kappa shape index (κ3) is 5.20. The zero-order valence-electron chi connectivity index (χ0n) is 23.1. The first kappa shape index (κ1) is 26.1. The molecule has 7 heteroatoms. The molecule has 6 rings (SSSR count). The van der Waals surface area contributed by atoms with Gasteiger partial charge in [0.1, 0.15) is 5.82 Å². The maximum atomic E-state index is 11.4. The summed E-state index contributed by atoms with van der Waals surface area (Å²) in [4.78, 5) is 37.2. The van der Waals surface area contributed by atoms with Crippen molar-refractivity contribution < 1.29 is 4.79 Å². The second-order valence-electron chi connectivity index (χ2n) is 11.7. The van der Waals surface area contributed by atoms with Crippen molar-refractivity contribution in [2.24, 2.45) is 22.4 Å². The zero-order chi connectivity index (χ0) is 27.7. The van der Waals surface area contributed by atoms with E-state index in [1.54, 1.807) is 0 Å². The number of hydrogen-bond donors (Lipinski definition) is 1. The number of nitrogens with one attached hydrogen (secondary N) is 1. The summed E-state index contributed by atoms with van der Waals surface area (Å²) in [5.41, 5.74) is 7.50. The summed E-state index contributed by atoms with van der Waals surface area (Å²) >= 11 is 0. The number of nitrogens with zero attached hydrogens (tertiary/aromatic N) is 4. The summed E-state index contributed by atoms with van der Waals surface area (Å²) in [7, 11) is 2.11. The number of pyridine rings is 1. The van der Waals surface area contributed by atoms with Gasteiger partial charge >= 0.3 is 0 Å². The topological polar surface area (TPSA) is 91.3 Å². The normalized spacial score (nSPS) is 24.6. The Bertz CT molecular complexity index is 1550. The molecule has 7 nitrogen and oxygen atoms in total. The van der Waals surface area contributed by atoms with Crippen LogP contribution in [0.25, 0.3) is 33.7 Å². The molecule has 0 radical (unpaired) electrons. The number of nitroso groups, excluding NO2 is 1. The Hall–Kier alpha value is -4.13. The number of carbonyl (C=O) groups is 1. The Morgan fingerprint density at radius 2 is 1.98 bits per heavy atom. The van der Waals surface area contributed by atoms with E-state index in [1.807, 2.05) is 6.20 Å². The van der Waals surface area contributed by atoms with E-state index in [-0.39, 0.29) is 5.41 Å². The lowest BCUT2D eigenvalue weighted by molar-refractivity contribution is -0.119. The van der Waals surface area contributed by atoms with Crippen LogP contribution < -0.4 is 0 Å². The molecule has 0 bridgehead atoms. The van der Waals surface area contributed by atoms with Crippen molar-refractivity contribution in [2.75, 3.05) is 13.6 Å². The Balaban J connectivity index is 1.12. The number of hydrogen-bond acceptors (Lipinski definition) is 5. The van der Waals surface area contributed by atoms with Crippen LogP contribution in [-0.2, 0) is 4.79 Å². The molecule has 1 unspecified atom stereocenters. The van der Waals surface area contributed by atoms with E-state index < -0.39 is 5.91 Å². The van der Waals surface area contributed by atoms with Crippen molar-refractivity contribution in [1.82, 2.24) is 19.9 Å². The number of aromatic nitrogens is 3. The molecule has 1 aromatic carbocycles. The fourth-order valence-electron chi connectivity index (χ4n) is 6.48. The highest BCUT2D eigenvalue weighted by atomic mass is 16.3. The highest BCUT2D eigenvalue weighted by Gasteiger charge is 2.36. The number of aromatic amines is 1. The zero-order valence-corrected chi connectivity index (χ0v) is 23.1. The average molecular weight is 534 g/mol. The van der Waals surface area contributed by atoms with Gasteiger partial charge in [0.05, 0.1) is 16.7 Å². The number of allylic oxidation sites excluding steroid dienone is 6. The molecule has 1 saturated carbocycles. The number of carbonyl (C=O) groups excluding carboxylic acids is 1. The van der Waals surface area contributed by atoms with Crippen LogP contribution in [0.1, 0.15) is 56.7 Å². The quantitative estimate of drug-likeness (QED) is 0.336. The second kappa shape index (κ2) is 10.8. The average Bonchev–Trinajstić information content (AvgIpc) is 3.42. The number of amides is 1. The number of benzene rings is 1. The predicted molar refractivity (Wildman–Crippen MR) is 160 cm³/mol. The predicted octanol–water partition coefficient (Wildman–Crippen LogP) is 7.31. The fourth-order valence-corrected chi connectivity index (χ4v) is 6.48. The van der Waals surface area contributed by atoms with E-state index in [4.69, 9.17) is 9.97 Å². The fraction of sp³-hybridized carbons (Fsp3) is 0.364. The molecule has 0 spiro atoms. The number of fused-ring (bicyclic) bond motifs is 1. The highest BCUT2D eigenvalue weighted by molar-refractivity contribution is 5.84. The standard InChI is InChI=1S/C33H35N5O2/c1-33(26-10-6-22(7-11-26)19-31(39)37-40)16-14-23(15-17-33)27-12-9-25(21-34-27)32-35-28-13-8-24(20-29(28)36-32)30-5-3-4-18-38(30)2/h3-5,8-9,12-16,20-22,26H,6-7,10-11,17-19H2,1-2H3,(H,35,36). The third-order valence-electron chi connectivity index (χ3n) is 9.04. The lowest BCUT2D eigenvalue weighted by Gasteiger charge is -2.40. The molecular formula is C33H35N5O2. The van der Waals surface area contributed by atoms with Gasteiger partial charge in [-0.1, -0.05) is 43.4 Å². The Morgan fingerprint density at radius 3 is 2.67 bits per heavy atom. The van der Waals surface area contributed by atoms with Crippen LogP contribution in [-0.4, -0.2) is 39.4 Å². The summed E-state index contributed by atoms with van der Waals surface area (Å²) in [5, 5.41) is 2.57. The molecule has 3 aliphatic rings. The van der Waals surface area contributed by atoms with E-state index in [0.717, 1.165) is 72.3 Å². The molecule has 3 aromatic rings. The van der Waals surface area contributed by atoms with Gasteiger partial charge < -0.3 is 9.88 Å². The highest BCUT2D eigenvalue weighted by Crippen LogP contribution is 2.46. The minimum atomic E-state index is -0.508. The summed E-state index contributed by atoms with van der Waals surface area (Å²) in [6.45, 7) is 3.25. The smallest absolute Gasteiger partial charge is 0.286 e. The lowest BCUT2D eigenvalue weighted by Crippen LogP contribution is -2.30. The van der Waals surface area contributed by atoms with Crippen LogP contribution in [0.5, 0.6) is 0 Å². The SMILES string of the molecule is CN1CC=CC=C1c1ccc2nc(-c3ccc(C4=CCC(C)(C5CCC(CC(=O)N=O)CC5)C=C4)nc3)[nH]c2c1. The first-order valence-electron chi connectivity index (χ1n) is 14.2. The largest absolute Gasteiger partial charge is 0.370 e. The van der Waals surface area contributed by atoms with Crippen LogP contribution in [0.15, 0.2) is 78.2 Å². The monoisotopic (exact) mass is 533 g/mol. The maximum Gasteiger partial charge on any atom is 0.286 e. The number of imidazole rings is 1. The molecular weight excluding hydrogens is 498 g/mol. The van der Waals surface area contributed by atoms with Crippen molar-refractivity contribution in [3.05, 3.63) is 89.1 Å². The van der Waals surface area contributed by atoms with Crippen LogP contribution in [0.3, 0.4) is 0 Å². The molecule has 2 aliphatic carbocycles. The second-order valence-corrected chi connectivity index (χ2v) is 11.7. The summed E-state index contributed by atoms with van der Waals surface area (Å²) in [6.07, 6.45) is 20.6. The first-order valence-corrected chi connectivity index (χ1v) is 14.2. The van der Waals surface area contributed by atoms with E-state index in [0.29, 0.717) is 18.3 Å². The van der Waals surface area contributed by atoms with Gasteiger partial charge in [-0.15, -0.1) is 4.91 Å². The molecule has 1 N–H and O–H groups in total. The Morgan fingerprint density at radius 1 is 1.15 bits per heavy atom. The van der Waals surface area contributed by atoms with Gasteiger partial charge in [0.2, 0.25) is 0 Å². The minimum absolute atomic E-state index is 0.104. The lowest BCUT2D eigenvalue weighted by atomic mass is 9.64. The number of rotatable bonds is 6. The summed E-state index contributed by atoms with van der Waals surface area (Å²) < 4.78 is 0. The Kier molecular flexibility index (Phi) is 7.05. The van der Waals surface area contributed by atoms with Gasteiger partial charge in [0.25, 0.3) is 5.91 Å². The molecule has 1 atom stereocenters. The van der Waals surface area contributed by atoms with Crippen molar-refractivity contribution in [1.29, 1.82) is 0 Å². The van der Waals surface area contributed by atoms with E-state index in [9.17, 15) is 9.70 Å². The molecule has 2 aromatic heterocycles. The summed E-state index contributed by atoms with van der Waals surface area (Å²) in [5.74, 6) is 1.19. The van der Waals surface area contributed by atoms with Gasteiger partial charge in [0.15, 0.2) is 0 Å². The van der Waals surface area contributed by atoms with E-state index in [1.165, 1.54) is 11.3 Å². The van der Waals surface area contributed by atoms with Crippen molar-refractivity contribution in [3.8, 4) is 11.4 Å². The van der Waals surface area contributed by atoms with Gasteiger partial charge in [-0.25, -0.2) is 4.98 Å². The van der Waals surface area contributed by atoms with Crippen LogP contribution >= 0.6 is 0 Å². The van der Waals surface area contributed by atoms with Gasteiger partial charge in [-0.3, -0.25) is 9.78 Å². The minimum Gasteiger partial charge on any atom is -0.370 e. The Labute approximate surface area is 234 Å². The van der Waals surface area contributed by atoms with Crippen molar-refractivity contribution in [2.45, 2.75) is 45.4 Å². The number of likely N-dealkylation sites (N-methyl/N-ethyl adjacent to an activating group) is 1. The molecule has 0 saturated heterocycles. The van der Waals surface area contributed by atoms with Crippen molar-refractivity contribution in [3.63, 3.8) is 0 Å². The maximum absolute atomic E-state index is 11.4. The molecule has 204 valence electrons. The van der Waals surface area contributed by atoms with Gasteiger partial charge in [-0.2, -0.15) is 0 Å². The van der Waals surface area contributed by atoms with Gasteiger partial charge in [0, 0.05) is 42.6 Å².